The minimum Gasteiger partial charge on any atom is -0.392 e. The highest BCUT2D eigenvalue weighted by atomic mass is 19.1. The molecule has 0 saturated heterocycles. The Bertz CT molecular complexity index is 677. The van der Waals surface area contributed by atoms with E-state index >= 15 is 0 Å². The van der Waals surface area contributed by atoms with Crippen molar-refractivity contribution in [2.45, 2.75) is 43.7 Å². The summed E-state index contributed by atoms with van der Waals surface area (Å²) in [5, 5.41) is 10.7. The van der Waals surface area contributed by atoms with E-state index in [1.807, 2.05) is 24.3 Å². The molecule has 3 heteroatoms. The zero-order chi connectivity index (χ0) is 17.9. The zero-order valence-electron chi connectivity index (χ0n) is 15.2. The first kappa shape index (κ1) is 18.1. The van der Waals surface area contributed by atoms with Crippen molar-refractivity contribution in [1.82, 2.24) is 4.90 Å². The molecule has 1 atom stereocenters. The van der Waals surface area contributed by atoms with Crippen molar-refractivity contribution in [2.75, 3.05) is 14.1 Å². The van der Waals surface area contributed by atoms with E-state index in [1.165, 1.54) is 11.6 Å². The number of aliphatic hydroxyl groups is 1. The maximum Gasteiger partial charge on any atom is 0.123 e. The van der Waals surface area contributed by atoms with E-state index < -0.39 is 0 Å². The number of halogens is 1. The second-order valence-electron chi connectivity index (χ2n) is 7.53. The van der Waals surface area contributed by atoms with Crippen LogP contribution in [0.15, 0.2) is 54.6 Å². The summed E-state index contributed by atoms with van der Waals surface area (Å²) < 4.78 is 13.7. The summed E-state index contributed by atoms with van der Waals surface area (Å²) in [4.78, 5) is 2.22. The monoisotopic (exact) mass is 341 g/mol. The molecule has 1 aliphatic rings. The van der Waals surface area contributed by atoms with Crippen molar-refractivity contribution in [3.05, 3.63) is 71.5 Å². The van der Waals surface area contributed by atoms with Gasteiger partial charge in [-0.2, -0.15) is 0 Å². The van der Waals surface area contributed by atoms with Crippen molar-refractivity contribution in [3.8, 4) is 0 Å². The molecule has 1 saturated carbocycles. The SMILES string of the molecule is CN(C)C1(c2cccc(F)c2)CCC(C(O)Cc2ccccc2)CC1. The molecule has 1 fully saturated rings. The normalized spacial score (nSPS) is 25.1. The second-order valence-corrected chi connectivity index (χ2v) is 7.53. The topological polar surface area (TPSA) is 23.5 Å². The highest BCUT2D eigenvalue weighted by Gasteiger charge is 2.40. The zero-order valence-corrected chi connectivity index (χ0v) is 15.2. The maximum absolute atomic E-state index is 13.7. The quantitative estimate of drug-likeness (QED) is 0.872. The minimum absolute atomic E-state index is 0.134. The fourth-order valence-electron chi connectivity index (χ4n) is 4.30. The number of nitrogens with zero attached hydrogens (tertiary/aromatic N) is 1. The maximum atomic E-state index is 13.7. The lowest BCUT2D eigenvalue weighted by molar-refractivity contribution is 0.0235. The standard InChI is InChI=1S/C22H28FNO/c1-24(2)22(19-9-6-10-20(23)16-19)13-11-18(12-14-22)21(25)15-17-7-4-3-5-8-17/h3-10,16,18,21,25H,11-15H2,1-2H3. The molecule has 0 heterocycles. The molecule has 1 N–H and O–H groups in total. The Morgan fingerprint density at radius 2 is 1.76 bits per heavy atom. The lowest BCUT2D eigenvalue weighted by atomic mass is 9.70. The molecular weight excluding hydrogens is 313 g/mol. The Morgan fingerprint density at radius 3 is 2.36 bits per heavy atom. The van der Waals surface area contributed by atoms with Crippen molar-refractivity contribution in [1.29, 1.82) is 0 Å². The molecule has 25 heavy (non-hydrogen) atoms. The smallest absolute Gasteiger partial charge is 0.123 e. The van der Waals surface area contributed by atoms with Crippen molar-refractivity contribution >= 4 is 0 Å². The van der Waals surface area contributed by atoms with E-state index in [2.05, 4.69) is 31.1 Å². The third kappa shape index (κ3) is 3.94. The van der Waals surface area contributed by atoms with Crippen LogP contribution < -0.4 is 0 Å². The molecule has 0 radical (unpaired) electrons. The van der Waals surface area contributed by atoms with E-state index in [0.717, 1.165) is 31.2 Å². The summed E-state index contributed by atoms with van der Waals surface area (Å²) in [6, 6.07) is 17.2. The first-order valence-electron chi connectivity index (χ1n) is 9.17. The molecule has 0 aromatic heterocycles. The van der Waals surface area contributed by atoms with Gasteiger partial charge >= 0.3 is 0 Å². The molecule has 0 spiro atoms. The van der Waals surface area contributed by atoms with Crippen LogP contribution in [0.25, 0.3) is 0 Å². The molecule has 134 valence electrons. The molecule has 2 nitrogen and oxygen atoms in total. The van der Waals surface area contributed by atoms with Gasteiger partial charge in [-0.05, 0) is 75.4 Å². The van der Waals surface area contributed by atoms with Gasteiger partial charge in [-0.15, -0.1) is 0 Å². The third-order valence-electron chi connectivity index (χ3n) is 5.91. The van der Waals surface area contributed by atoms with E-state index in [1.54, 1.807) is 12.1 Å². The highest BCUT2D eigenvalue weighted by Crippen LogP contribution is 2.44. The van der Waals surface area contributed by atoms with Gasteiger partial charge in [0.05, 0.1) is 6.10 Å². The van der Waals surface area contributed by atoms with Crippen LogP contribution in [0.3, 0.4) is 0 Å². The van der Waals surface area contributed by atoms with Crippen LogP contribution in [0.4, 0.5) is 4.39 Å². The predicted molar refractivity (Wildman–Crippen MR) is 99.9 cm³/mol. The number of rotatable bonds is 5. The molecule has 2 aromatic rings. The summed E-state index contributed by atoms with van der Waals surface area (Å²) >= 11 is 0. The average Bonchev–Trinajstić information content (AvgIpc) is 2.62. The lowest BCUT2D eigenvalue weighted by Crippen LogP contribution is -2.46. The van der Waals surface area contributed by atoms with Crippen LogP contribution in [-0.2, 0) is 12.0 Å². The number of hydrogen-bond acceptors (Lipinski definition) is 2. The number of benzene rings is 2. The van der Waals surface area contributed by atoms with Crippen LogP contribution in [0.1, 0.15) is 36.8 Å². The average molecular weight is 341 g/mol. The van der Waals surface area contributed by atoms with Gasteiger partial charge in [0.1, 0.15) is 5.82 Å². The van der Waals surface area contributed by atoms with E-state index in [4.69, 9.17) is 0 Å². The largest absolute Gasteiger partial charge is 0.392 e. The molecule has 2 aromatic carbocycles. The molecule has 0 bridgehead atoms. The Labute approximate surface area is 150 Å². The molecule has 1 unspecified atom stereocenters. The van der Waals surface area contributed by atoms with Gasteiger partial charge in [0.2, 0.25) is 0 Å². The van der Waals surface area contributed by atoms with Gasteiger partial charge in [0, 0.05) is 5.54 Å². The Kier molecular flexibility index (Phi) is 5.55. The molecule has 0 aliphatic heterocycles. The van der Waals surface area contributed by atoms with E-state index in [-0.39, 0.29) is 17.5 Å². The molecule has 1 aliphatic carbocycles. The van der Waals surface area contributed by atoms with Gasteiger partial charge in [-0.25, -0.2) is 4.39 Å². The highest BCUT2D eigenvalue weighted by molar-refractivity contribution is 5.26. The Morgan fingerprint density at radius 1 is 1.08 bits per heavy atom. The third-order valence-corrected chi connectivity index (χ3v) is 5.91. The molecular formula is C22H28FNO. The fourth-order valence-corrected chi connectivity index (χ4v) is 4.30. The molecule has 3 rings (SSSR count). The van der Waals surface area contributed by atoms with Gasteiger partial charge in [0.25, 0.3) is 0 Å². The van der Waals surface area contributed by atoms with Crippen LogP contribution in [0.5, 0.6) is 0 Å². The van der Waals surface area contributed by atoms with Crippen LogP contribution in [0, 0.1) is 11.7 Å². The van der Waals surface area contributed by atoms with E-state index in [9.17, 15) is 9.50 Å². The van der Waals surface area contributed by atoms with Crippen molar-refractivity contribution in [2.24, 2.45) is 5.92 Å². The Balaban J connectivity index is 1.70. The van der Waals surface area contributed by atoms with E-state index in [0.29, 0.717) is 12.3 Å². The lowest BCUT2D eigenvalue weighted by Gasteiger charge is -2.46. The van der Waals surface area contributed by atoms with Gasteiger partial charge in [-0.3, -0.25) is 4.90 Å². The van der Waals surface area contributed by atoms with Crippen LogP contribution >= 0.6 is 0 Å². The summed E-state index contributed by atoms with van der Waals surface area (Å²) in [5.74, 6) is 0.131. The fraction of sp³-hybridized carbons (Fsp3) is 0.455. The molecule has 0 amide bonds. The second kappa shape index (κ2) is 7.67. The first-order chi connectivity index (χ1) is 12.0. The van der Waals surface area contributed by atoms with Gasteiger partial charge < -0.3 is 5.11 Å². The minimum atomic E-state index is -0.310. The van der Waals surface area contributed by atoms with Crippen LogP contribution in [-0.4, -0.2) is 30.2 Å². The van der Waals surface area contributed by atoms with Crippen molar-refractivity contribution in [3.63, 3.8) is 0 Å². The predicted octanol–water partition coefficient (Wildman–Crippen LogP) is 4.38. The Hall–Kier alpha value is -1.71. The number of aliphatic hydroxyl groups excluding tert-OH is 1. The van der Waals surface area contributed by atoms with Gasteiger partial charge in [-0.1, -0.05) is 42.5 Å². The van der Waals surface area contributed by atoms with Crippen LogP contribution in [0.2, 0.25) is 0 Å². The number of hydrogen-bond donors (Lipinski definition) is 1. The summed E-state index contributed by atoms with van der Waals surface area (Å²) in [7, 11) is 4.15. The summed E-state index contributed by atoms with van der Waals surface area (Å²) in [5.41, 5.74) is 2.10. The van der Waals surface area contributed by atoms with Gasteiger partial charge in [0.15, 0.2) is 0 Å². The summed E-state index contributed by atoms with van der Waals surface area (Å²) in [6.45, 7) is 0. The van der Waals surface area contributed by atoms with Crippen molar-refractivity contribution < 1.29 is 9.50 Å². The first-order valence-corrected chi connectivity index (χ1v) is 9.17. The summed E-state index contributed by atoms with van der Waals surface area (Å²) in [6.07, 6.45) is 4.21.